The fraction of sp³-hybridized carbons (Fsp3) is 0.500. The number of anilines is 1. The molecule has 0 spiro atoms. The number of piperidine rings is 1. The molecule has 2 atom stereocenters. The third-order valence-corrected chi connectivity index (χ3v) is 3.89. The summed E-state index contributed by atoms with van der Waals surface area (Å²) in [6.45, 7) is 6.05. The topological polar surface area (TPSA) is 46.3 Å². The Morgan fingerprint density at radius 2 is 1.94 bits per heavy atom. The number of carbonyl (C=O) groups is 1. The molecule has 1 saturated heterocycles. The Morgan fingerprint density at radius 1 is 1.33 bits per heavy atom. The van der Waals surface area contributed by atoms with E-state index in [1.54, 1.807) is 12.1 Å². The third kappa shape index (κ3) is 2.86. The Balaban J connectivity index is 2.20. The lowest BCUT2D eigenvalue weighted by atomic mass is 9.91. The molecular weight excluding hydrogens is 292 g/mol. The highest BCUT2D eigenvalue weighted by Gasteiger charge is 2.26. The van der Waals surface area contributed by atoms with Gasteiger partial charge < -0.3 is 10.6 Å². The molecule has 3 nitrogen and oxygen atoms in total. The smallest absolute Gasteiger partial charge is 0.255 e. The van der Waals surface area contributed by atoms with Gasteiger partial charge in [-0.05, 0) is 36.5 Å². The van der Waals surface area contributed by atoms with Crippen LogP contribution in [-0.4, -0.2) is 23.9 Å². The predicted molar refractivity (Wildman–Crippen MR) is 77.4 cm³/mol. The van der Waals surface area contributed by atoms with E-state index in [0.29, 0.717) is 23.1 Å². The summed E-state index contributed by atoms with van der Waals surface area (Å²) in [5.41, 5.74) is 7.07. The summed E-state index contributed by atoms with van der Waals surface area (Å²) in [6, 6.07) is 5.44. The molecule has 2 unspecified atom stereocenters. The summed E-state index contributed by atoms with van der Waals surface area (Å²) in [5.74, 6) is 1.18. The molecule has 1 aromatic carbocycles. The second-order valence-electron chi connectivity index (χ2n) is 5.39. The number of likely N-dealkylation sites (tertiary alicyclic amines) is 1. The van der Waals surface area contributed by atoms with Crippen molar-refractivity contribution in [1.82, 2.24) is 4.90 Å². The lowest BCUT2D eigenvalue weighted by molar-refractivity contribution is 0.0624. The van der Waals surface area contributed by atoms with Crippen molar-refractivity contribution in [3.05, 3.63) is 28.2 Å². The van der Waals surface area contributed by atoms with E-state index in [1.165, 1.54) is 6.42 Å². The Labute approximate surface area is 116 Å². The van der Waals surface area contributed by atoms with Gasteiger partial charge in [0.2, 0.25) is 0 Å². The normalized spacial score (nSPS) is 24.1. The van der Waals surface area contributed by atoms with Gasteiger partial charge in [-0.1, -0.05) is 29.8 Å². The van der Waals surface area contributed by atoms with Crippen molar-refractivity contribution < 1.29 is 4.79 Å². The molecule has 1 heterocycles. The first-order valence-electron chi connectivity index (χ1n) is 6.31. The van der Waals surface area contributed by atoms with Crippen molar-refractivity contribution in [1.29, 1.82) is 0 Å². The molecule has 1 aliphatic rings. The molecule has 2 rings (SSSR count). The van der Waals surface area contributed by atoms with Crippen molar-refractivity contribution in [2.75, 3.05) is 18.8 Å². The van der Waals surface area contributed by atoms with Crippen LogP contribution < -0.4 is 5.73 Å². The van der Waals surface area contributed by atoms with Crippen LogP contribution in [0.25, 0.3) is 0 Å². The van der Waals surface area contributed by atoms with E-state index in [2.05, 4.69) is 29.8 Å². The quantitative estimate of drug-likeness (QED) is 0.810. The van der Waals surface area contributed by atoms with Crippen molar-refractivity contribution in [2.24, 2.45) is 11.8 Å². The Hall–Kier alpha value is -1.03. The zero-order chi connectivity index (χ0) is 13.3. The van der Waals surface area contributed by atoms with Crippen molar-refractivity contribution >= 4 is 27.5 Å². The van der Waals surface area contributed by atoms with Gasteiger partial charge in [0.15, 0.2) is 0 Å². The number of amides is 1. The lowest BCUT2D eigenvalue weighted by Gasteiger charge is -2.35. The van der Waals surface area contributed by atoms with Crippen molar-refractivity contribution in [2.45, 2.75) is 20.3 Å². The molecule has 1 aliphatic heterocycles. The Kier molecular flexibility index (Phi) is 3.95. The minimum Gasteiger partial charge on any atom is -0.398 e. The fourth-order valence-corrected chi connectivity index (χ4v) is 3.11. The Morgan fingerprint density at radius 3 is 2.50 bits per heavy atom. The van der Waals surface area contributed by atoms with E-state index in [0.717, 1.165) is 17.6 Å². The van der Waals surface area contributed by atoms with E-state index >= 15 is 0 Å². The highest BCUT2D eigenvalue weighted by molar-refractivity contribution is 9.10. The number of nitrogens with two attached hydrogens (primary N) is 1. The molecule has 2 N–H and O–H groups in total. The molecule has 98 valence electrons. The zero-order valence-corrected chi connectivity index (χ0v) is 12.4. The molecule has 0 bridgehead atoms. The van der Waals surface area contributed by atoms with E-state index in [1.807, 2.05) is 11.0 Å². The van der Waals surface area contributed by atoms with Crippen LogP contribution in [0.2, 0.25) is 0 Å². The maximum absolute atomic E-state index is 12.5. The van der Waals surface area contributed by atoms with Gasteiger partial charge in [0.05, 0.1) is 5.56 Å². The van der Waals surface area contributed by atoms with Crippen LogP contribution in [0.1, 0.15) is 30.6 Å². The summed E-state index contributed by atoms with van der Waals surface area (Å²) in [4.78, 5) is 14.4. The predicted octanol–water partition coefficient (Wildman–Crippen LogP) is 3.15. The summed E-state index contributed by atoms with van der Waals surface area (Å²) in [7, 11) is 0. The number of halogens is 1. The lowest BCUT2D eigenvalue weighted by Crippen LogP contribution is -2.42. The van der Waals surface area contributed by atoms with E-state index in [9.17, 15) is 4.79 Å². The summed E-state index contributed by atoms with van der Waals surface area (Å²) < 4.78 is 0.900. The average molecular weight is 311 g/mol. The van der Waals surface area contributed by atoms with Gasteiger partial charge in [-0.2, -0.15) is 0 Å². The molecule has 4 heteroatoms. The fourth-order valence-electron chi connectivity index (χ4n) is 2.73. The van der Waals surface area contributed by atoms with Crippen molar-refractivity contribution in [3.8, 4) is 0 Å². The second kappa shape index (κ2) is 5.31. The average Bonchev–Trinajstić information content (AvgIpc) is 2.26. The van der Waals surface area contributed by atoms with Crippen molar-refractivity contribution in [3.63, 3.8) is 0 Å². The zero-order valence-electron chi connectivity index (χ0n) is 10.8. The monoisotopic (exact) mass is 310 g/mol. The van der Waals surface area contributed by atoms with Gasteiger partial charge in [0, 0.05) is 23.2 Å². The minimum absolute atomic E-state index is 0.0541. The molecule has 1 amide bonds. The van der Waals surface area contributed by atoms with E-state index in [-0.39, 0.29) is 5.91 Å². The number of rotatable bonds is 1. The molecule has 1 fully saturated rings. The standard InChI is InChI=1S/C14H19BrN2O/c1-9-5-10(2)8-17(7-9)14(18)12-4-3-11(15)6-13(12)16/h3-4,6,9-10H,5,7-8,16H2,1-2H3. The highest BCUT2D eigenvalue weighted by Crippen LogP contribution is 2.25. The SMILES string of the molecule is CC1CC(C)CN(C(=O)c2ccc(Br)cc2N)C1. The number of nitrogen functional groups attached to an aromatic ring is 1. The third-order valence-electron chi connectivity index (χ3n) is 3.40. The first-order valence-corrected chi connectivity index (χ1v) is 7.11. The van der Waals surface area contributed by atoms with Gasteiger partial charge in [0.1, 0.15) is 0 Å². The molecular formula is C14H19BrN2O. The maximum Gasteiger partial charge on any atom is 0.255 e. The van der Waals surface area contributed by atoms with Crippen LogP contribution >= 0.6 is 15.9 Å². The van der Waals surface area contributed by atoms with Gasteiger partial charge in [0.25, 0.3) is 5.91 Å². The number of hydrogen-bond donors (Lipinski definition) is 1. The first kappa shape index (κ1) is 13.4. The first-order chi connectivity index (χ1) is 8.47. The number of benzene rings is 1. The molecule has 0 radical (unpaired) electrons. The van der Waals surface area contributed by atoms with Gasteiger partial charge in [-0.3, -0.25) is 4.79 Å². The van der Waals surface area contributed by atoms with Crippen LogP contribution in [0, 0.1) is 11.8 Å². The van der Waals surface area contributed by atoms with Crippen LogP contribution in [0.4, 0.5) is 5.69 Å². The molecule has 18 heavy (non-hydrogen) atoms. The summed E-state index contributed by atoms with van der Waals surface area (Å²) >= 11 is 3.36. The molecule has 0 aromatic heterocycles. The Bertz CT molecular complexity index is 451. The highest BCUT2D eigenvalue weighted by atomic mass is 79.9. The van der Waals surface area contributed by atoms with Gasteiger partial charge in [-0.25, -0.2) is 0 Å². The summed E-state index contributed by atoms with van der Waals surface area (Å²) in [5, 5.41) is 0. The largest absolute Gasteiger partial charge is 0.398 e. The van der Waals surface area contributed by atoms with Crippen LogP contribution in [0.15, 0.2) is 22.7 Å². The van der Waals surface area contributed by atoms with Gasteiger partial charge >= 0.3 is 0 Å². The summed E-state index contributed by atoms with van der Waals surface area (Å²) in [6.07, 6.45) is 1.19. The van der Waals surface area contributed by atoms with Gasteiger partial charge in [-0.15, -0.1) is 0 Å². The second-order valence-corrected chi connectivity index (χ2v) is 6.30. The number of nitrogens with zero attached hydrogens (tertiary/aromatic N) is 1. The molecule has 0 aliphatic carbocycles. The van der Waals surface area contributed by atoms with Crippen LogP contribution in [0.5, 0.6) is 0 Å². The molecule has 1 aromatic rings. The number of hydrogen-bond acceptors (Lipinski definition) is 2. The van der Waals surface area contributed by atoms with E-state index < -0.39 is 0 Å². The van der Waals surface area contributed by atoms with Crippen LogP contribution in [-0.2, 0) is 0 Å². The van der Waals surface area contributed by atoms with Crippen LogP contribution in [0.3, 0.4) is 0 Å². The minimum atomic E-state index is 0.0541. The molecule has 0 saturated carbocycles. The van der Waals surface area contributed by atoms with E-state index in [4.69, 9.17) is 5.73 Å². The maximum atomic E-state index is 12.5. The number of carbonyl (C=O) groups excluding carboxylic acids is 1.